The molecule has 2 aromatic rings. The first-order valence-corrected chi connectivity index (χ1v) is 14.2. The molecular weight excluding hydrogens is 462 g/mol. The summed E-state index contributed by atoms with van der Waals surface area (Å²) in [6.07, 6.45) is 3.49. The summed E-state index contributed by atoms with van der Waals surface area (Å²) in [4.78, 5) is 28.4. The molecule has 0 aliphatic rings. The van der Waals surface area contributed by atoms with Crippen molar-refractivity contribution in [3.05, 3.63) is 65.7 Å². The van der Waals surface area contributed by atoms with Crippen molar-refractivity contribution in [3.8, 4) is 0 Å². The van der Waals surface area contributed by atoms with E-state index >= 15 is 0 Å². The molecule has 0 saturated carbocycles. The molecule has 2 atom stereocenters. The molecule has 0 aliphatic carbocycles. The molecule has 0 radical (unpaired) electrons. The summed E-state index contributed by atoms with van der Waals surface area (Å²) >= 11 is 0. The van der Waals surface area contributed by atoms with Gasteiger partial charge in [0.2, 0.25) is 21.8 Å². The molecule has 35 heavy (non-hydrogen) atoms. The lowest BCUT2D eigenvalue weighted by Crippen LogP contribution is -2.54. The molecule has 192 valence electrons. The van der Waals surface area contributed by atoms with Crippen LogP contribution in [0, 0.1) is 0 Å². The van der Waals surface area contributed by atoms with Crippen LogP contribution in [0.5, 0.6) is 0 Å². The van der Waals surface area contributed by atoms with Crippen LogP contribution < -0.4 is 9.62 Å². The van der Waals surface area contributed by atoms with Crippen molar-refractivity contribution in [2.45, 2.75) is 65.5 Å². The lowest BCUT2D eigenvalue weighted by atomic mass is 10.1. The smallest absolute Gasteiger partial charge is 0.244 e. The van der Waals surface area contributed by atoms with Crippen LogP contribution >= 0.6 is 0 Å². The Morgan fingerprint density at radius 1 is 0.943 bits per heavy atom. The van der Waals surface area contributed by atoms with Crippen LogP contribution in [0.1, 0.15) is 51.7 Å². The van der Waals surface area contributed by atoms with E-state index in [0.717, 1.165) is 28.1 Å². The fourth-order valence-electron chi connectivity index (χ4n) is 3.98. The van der Waals surface area contributed by atoms with Crippen LogP contribution in [0.25, 0.3) is 0 Å². The van der Waals surface area contributed by atoms with Gasteiger partial charge in [-0.15, -0.1) is 0 Å². The topological polar surface area (TPSA) is 86.8 Å². The van der Waals surface area contributed by atoms with Crippen LogP contribution in [-0.2, 0) is 32.5 Å². The first-order chi connectivity index (χ1) is 16.6. The normalized spacial score (nSPS) is 13.1. The van der Waals surface area contributed by atoms with E-state index in [1.165, 1.54) is 4.90 Å². The summed E-state index contributed by atoms with van der Waals surface area (Å²) in [7, 11) is -3.74. The standard InChI is InChI=1S/C27H39N3O4S/c1-6-21(4)28-27(32)24(8-3)29(19-18-22-14-10-9-11-15-22)26(31)20-30(35(5,33)34)25-17-13-12-16-23(25)7-2/h9-17,21,24H,6-8,18-20H2,1-5H3,(H,28,32)/t21-,24-/m1/s1. The quantitative estimate of drug-likeness (QED) is 0.453. The van der Waals surface area contributed by atoms with Gasteiger partial charge in [-0.05, 0) is 49.8 Å². The Morgan fingerprint density at radius 2 is 1.57 bits per heavy atom. The van der Waals surface area contributed by atoms with E-state index < -0.39 is 22.0 Å². The number of rotatable bonds is 13. The third kappa shape index (κ3) is 8.09. The van der Waals surface area contributed by atoms with Gasteiger partial charge in [0, 0.05) is 12.6 Å². The molecule has 0 bridgehead atoms. The maximum Gasteiger partial charge on any atom is 0.244 e. The van der Waals surface area contributed by atoms with Gasteiger partial charge in [-0.2, -0.15) is 0 Å². The summed E-state index contributed by atoms with van der Waals surface area (Å²) in [6.45, 7) is 7.66. The maximum absolute atomic E-state index is 13.7. The van der Waals surface area contributed by atoms with Gasteiger partial charge in [0.25, 0.3) is 0 Å². The summed E-state index contributed by atoms with van der Waals surface area (Å²) < 4.78 is 26.7. The number of carbonyl (C=O) groups is 2. The number of benzene rings is 2. The van der Waals surface area contributed by atoms with E-state index in [1.54, 1.807) is 12.1 Å². The minimum absolute atomic E-state index is 0.0217. The Morgan fingerprint density at radius 3 is 2.14 bits per heavy atom. The van der Waals surface area contributed by atoms with E-state index in [9.17, 15) is 18.0 Å². The highest BCUT2D eigenvalue weighted by Gasteiger charge is 2.32. The Balaban J connectivity index is 2.40. The molecule has 0 aliphatic heterocycles. The molecule has 8 heteroatoms. The number of anilines is 1. The predicted octanol–water partition coefficient (Wildman–Crippen LogP) is 3.78. The number of para-hydroxylation sites is 1. The number of sulfonamides is 1. The van der Waals surface area contributed by atoms with Crippen molar-refractivity contribution in [2.24, 2.45) is 0 Å². The van der Waals surface area contributed by atoms with Crippen LogP contribution in [0.15, 0.2) is 54.6 Å². The number of hydrogen-bond donors (Lipinski definition) is 1. The molecule has 2 rings (SSSR count). The van der Waals surface area contributed by atoms with E-state index in [4.69, 9.17) is 0 Å². The fourth-order valence-corrected chi connectivity index (χ4v) is 4.87. The zero-order valence-corrected chi connectivity index (χ0v) is 22.3. The molecule has 0 spiro atoms. The van der Waals surface area contributed by atoms with E-state index in [1.807, 2.05) is 70.2 Å². The minimum Gasteiger partial charge on any atom is -0.352 e. The van der Waals surface area contributed by atoms with E-state index in [2.05, 4.69) is 5.32 Å². The molecule has 1 N–H and O–H groups in total. The molecule has 0 aromatic heterocycles. The van der Waals surface area contributed by atoms with Crippen molar-refractivity contribution in [3.63, 3.8) is 0 Å². The van der Waals surface area contributed by atoms with Crippen molar-refractivity contribution in [1.29, 1.82) is 0 Å². The van der Waals surface area contributed by atoms with Crippen LogP contribution in [0.3, 0.4) is 0 Å². The van der Waals surface area contributed by atoms with Gasteiger partial charge < -0.3 is 10.2 Å². The number of aryl methyl sites for hydroxylation is 1. The van der Waals surface area contributed by atoms with Gasteiger partial charge in [-0.3, -0.25) is 13.9 Å². The monoisotopic (exact) mass is 501 g/mol. The second-order valence-electron chi connectivity index (χ2n) is 8.82. The zero-order chi connectivity index (χ0) is 26.0. The van der Waals surface area contributed by atoms with Gasteiger partial charge in [0.15, 0.2) is 0 Å². The van der Waals surface area contributed by atoms with Gasteiger partial charge >= 0.3 is 0 Å². The van der Waals surface area contributed by atoms with Crippen LogP contribution in [0.2, 0.25) is 0 Å². The number of hydrogen-bond acceptors (Lipinski definition) is 4. The average Bonchev–Trinajstić information content (AvgIpc) is 2.84. The summed E-state index contributed by atoms with van der Waals surface area (Å²) in [5.41, 5.74) is 2.37. The van der Waals surface area contributed by atoms with Gasteiger partial charge in [0.1, 0.15) is 12.6 Å². The fraction of sp³-hybridized carbons (Fsp3) is 0.481. The lowest BCUT2D eigenvalue weighted by Gasteiger charge is -2.33. The van der Waals surface area contributed by atoms with Gasteiger partial charge in [-0.1, -0.05) is 69.3 Å². The highest BCUT2D eigenvalue weighted by molar-refractivity contribution is 7.92. The first kappa shape index (κ1) is 28.4. The van der Waals surface area contributed by atoms with E-state index in [-0.39, 0.29) is 18.5 Å². The Bertz CT molecular complexity index is 1070. The number of nitrogens with zero attached hydrogens (tertiary/aromatic N) is 2. The molecule has 0 unspecified atom stereocenters. The lowest BCUT2D eigenvalue weighted by molar-refractivity contribution is -0.139. The molecule has 2 amide bonds. The SMILES string of the molecule is CCc1ccccc1N(CC(=O)N(CCc1ccccc1)[C@H](CC)C(=O)N[C@H](C)CC)S(C)(=O)=O. The Kier molecular flexibility index (Phi) is 10.8. The highest BCUT2D eigenvalue weighted by atomic mass is 32.2. The zero-order valence-electron chi connectivity index (χ0n) is 21.5. The van der Waals surface area contributed by atoms with Crippen LogP contribution in [0.4, 0.5) is 5.69 Å². The molecule has 2 aromatic carbocycles. The van der Waals surface area contributed by atoms with Crippen molar-refractivity contribution < 1.29 is 18.0 Å². The highest BCUT2D eigenvalue weighted by Crippen LogP contribution is 2.24. The number of carbonyl (C=O) groups excluding carboxylic acids is 2. The predicted molar refractivity (Wildman–Crippen MR) is 142 cm³/mol. The molecule has 0 saturated heterocycles. The van der Waals surface area contributed by atoms with Gasteiger partial charge in [0.05, 0.1) is 11.9 Å². The second kappa shape index (κ2) is 13.3. The summed E-state index contributed by atoms with van der Waals surface area (Å²) in [5.74, 6) is -0.619. The van der Waals surface area contributed by atoms with Crippen LogP contribution in [-0.4, -0.2) is 56.6 Å². The average molecular weight is 502 g/mol. The third-order valence-corrected chi connectivity index (χ3v) is 7.32. The van der Waals surface area contributed by atoms with Crippen molar-refractivity contribution in [2.75, 3.05) is 23.7 Å². The Hall–Kier alpha value is -2.87. The molecule has 0 heterocycles. The minimum atomic E-state index is -3.74. The summed E-state index contributed by atoms with van der Waals surface area (Å²) in [6, 6.07) is 16.2. The largest absolute Gasteiger partial charge is 0.352 e. The van der Waals surface area contributed by atoms with Gasteiger partial charge in [-0.25, -0.2) is 8.42 Å². The summed E-state index contributed by atoms with van der Waals surface area (Å²) in [5, 5.41) is 2.98. The maximum atomic E-state index is 13.7. The molecule has 7 nitrogen and oxygen atoms in total. The molecular formula is C27H39N3O4S. The number of amides is 2. The Labute approximate surface area is 210 Å². The van der Waals surface area contributed by atoms with Crippen molar-refractivity contribution >= 4 is 27.5 Å². The first-order valence-electron chi connectivity index (χ1n) is 12.3. The van der Waals surface area contributed by atoms with E-state index in [0.29, 0.717) is 31.5 Å². The second-order valence-corrected chi connectivity index (χ2v) is 10.7. The number of nitrogens with one attached hydrogen (secondary N) is 1. The van der Waals surface area contributed by atoms with Crippen molar-refractivity contribution in [1.82, 2.24) is 10.2 Å². The third-order valence-electron chi connectivity index (χ3n) is 6.19. The molecule has 0 fully saturated rings.